The van der Waals surface area contributed by atoms with Gasteiger partial charge in [-0.25, -0.2) is 4.98 Å². The van der Waals surface area contributed by atoms with E-state index < -0.39 is 0 Å². The van der Waals surface area contributed by atoms with E-state index in [4.69, 9.17) is 0 Å². The third-order valence-electron chi connectivity index (χ3n) is 4.57. The van der Waals surface area contributed by atoms with Gasteiger partial charge in [-0.15, -0.1) is 11.3 Å². The lowest BCUT2D eigenvalue weighted by atomic mass is 9.99. The maximum atomic E-state index is 12.6. The van der Waals surface area contributed by atoms with Crippen molar-refractivity contribution in [1.29, 1.82) is 0 Å². The van der Waals surface area contributed by atoms with E-state index in [9.17, 15) is 4.79 Å². The Balaban J connectivity index is 1.65. The maximum absolute atomic E-state index is 12.6. The highest BCUT2D eigenvalue weighted by Crippen LogP contribution is 2.28. The topological polar surface area (TPSA) is 45.2 Å². The molecule has 0 unspecified atom stereocenters. The third kappa shape index (κ3) is 3.83. The van der Waals surface area contributed by atoms with Gasteiger partial charge in [-0.3, -0.25) is 4.79 Å². The Morgan fingerprint density at radius 1 is 1.14 bits per heavy atom. The first kappa shape index (κ1) is 15.0. The summed E-state index contributed by atoms with van der Waals surface area (Å²) in [6.45, 7) is 3.94. The number of piperidine rings is 1. The van der Waals surface area contributed by atoms with E-state index in [-0.39, 0.29) is 5.91 Å². The molecular formula is C16H25N3OS. The summed E-state index contributed by atoms with van der Waals surface area (Å²) >= 11 is 1.67. The van der Waals surface area contributed by atoms with Crippen molar-refractivity contribution in [2.75, 3.05) is 26.2 Å². The molecule has 0 aliphatic carbocycles. The smallest absolute Gasteiger partial charge is 0.273 e. The number of nitrogens with zero attached hydrogens (tertiary/aromatic N) is 2. The molecule has 3 rings (SSSR count). The lowest BCUT2D eigenvalue weighted by Crippen LogP contribution is -2.34. The molecule has 0 bridgehead atoms. The molecule has 4 nitrogen and oxygen atoms in total. The Bertz CT molecular complexity index is 460. The van der Waals surface area contributed by atoms with Crippen molar-refractivity contribution < 1.29 is 4.79 Å². The second-order valence-electron chi connectivity index (χ2n) is 6.16. The van der Waals surface area contributed by atoms with Crippen LogP contribution in [0.1, 0.15) is 66.4 Å². The molecule has 1 aromatic rings. The van der Waals surface area contributed by atoms with Gasteiger partial charge in [-0.05, 0) is 38.8 Å². The molecule has 1 amide bonds. The maximum Gasteiger partial charge on any atom is 0.273 e. The van der Waals surface area contributed by atoms with Gasteiger partial charge in [0.05, 0.1) is 5.01 Å². The number of likely N-dealkylation sites (tertiary alicyclic amines) is 1. The number of aromatic nitrogens is 1. The second kappa shape index (κ2) is 7.36. The summed E-state index contributed by atoms with van der Waals surface area (Å²) in [6, 6.07) is 0. The summed E-state index contributed by atoms with van der Waals surface area (Å²) in [5, 5.41) is 6.51. The van der Waals surface area contributed by atoms with Crippen LogP contribution < -0.4 is 5.32 Å². The summed E-state index contributed by atoms with van der Waals surface area (Å²) in [6.07, 6.45) is 8.38. The Morgan fingerprint density at radius 2 is 1.81 bits per heavy atom. The van der Waals surface area contributed by atoms with Crippen molar-refractivity contribution in [3.63, 3.8) is 0 Å². The third-order valence-corrected chi connectivity index (χ3v) is 5.58. The normalized spacial score (nSPS) is 21.8. The predicted molar refractivity (Wildman–Crippen MR) is 85.9 cm³/mol. The number of nitrogens with one attached hydrogen (secondary N) is 1. The van der Waals surface area contributed by atoms with Gasteiger partial charge in [-0.2, -0.15) is 0 Å². The quantitative estimate of drug-likeness (QED) is 0.913. The van der Waals surface area contributed by atoms with Gasteiger partial charge in [0.15, 0.2) is 0 Å². The van der Waals surface area contributed by atoms with Crippen molar-refractivity contribution >= 4 is 17.2 Å². The van der Waals surface area contributed by atoms with Crippen molar-refractivity contribution in [3.05, 3.63) is 16.1 Å². The average molecular weight is 307 g/mol. The first-order chi connectivity index (χ1) is 10.3. The molecule has 2 fully saturated rings. The molecule has 2 saturated heterocycles. The van der Waals surface area contributed by atoms with Crippen molar-refractivity contribution in [2.45, 2.75) is 50.9 Å². The Kier molecular flexibility index (Phi) is 5.25. The number of hydrogen-bond donors (Lipinski definition) is 1. The number of carbonyl (C=O) groups is 1. The fourth-order valence-electron chi connectivity index (χ4n) is 3.25. The van der Waals surface area contributed by atoms with E-state index in [2.05, 4.69) is 10.3 Å². The molecule has 1 N–H and O–H groups in total. The molecule has 0 spiro atoms. The number of thiazole rings is 1. The van der Waals surface area contributed by atoms with Gasteiger partial charge in [0.25, 0.3) is 5.91 Å². The number of carbonyl (C=O) groups excluding carboxylic acids is 1. The summed E-state index contributed by atoms with van der Waals surface area (Å²) in [5.41, 5.74) is 0.675. The number of amides is 1. The highest BCUT2D eigenvalue weighted by molar-refractivity contribution is 7.09. The lowest BCUT2D eigenvalue weighted by Gasteiger charge is -2.24. The summed E-state index contributed by atoms with van der Waals surface area (Å²) in [7, 11) is 0. The molecule has 0 aromatic carbocycles. The van der Waals surface area contributed by atoms with Crippen LogP contribution >= 0.6 is 11.3 Å². The molecule has 0 atom stereocenters. The van der Waals surface area contributed by atoms with Crippen LogP contribution in [0.15, 0.2) is 5.38 Å². The molecule has 5 heteroatoms. The van der Waals surface area contributed by atoms with E-state index in [1.165, 1.54) is 19.3 Å². The minimum Gasteiger partial charge on any atom is -0.337 e. The Labute approximate surface area is 130 Å². The standard InChI is InChI=1S/C16H25N3OS/c20-16(19-10-4-2-1-3-5-11-19)14-12-21-15(18-14)13-6-8-17-9-7-13/h12-13,17H,1-11H2. The van der Waals surface area contributed by atoms with Gasteiger partial charge in [0, 0.05) is 24.4 Å². The van der Waals surface area contributed by atoms with Crippen LogP contribution in [-0.4, -0.2) is 42.0 Å². The molecular weight excluding hydrogens is 282 g/mol. The van der Waals surface area contributed by atoms with Crippen molar-refractivity contribution in [2.24, 2.45) is 0 Å². The fraction of sp³-hybridized carbons (Fsp3) is 0.750. The van der Waals surface area contributed by atoms with Gasteiger partial charge in [0.1, 0.15) is 5.69 Å². The summed E-state index contributed by atoms with van der Waals surface area (Å²) in [4.78, 5) is 19.3. The predicted octanol–water partition coefficient (Wildman–Crippen LogP) is 3.02. The first-order valence-corrected chi connectivity index (χ1v) is 9.18. The minimum atomic E-state index is 0.147. The molecule has 3 heterocycles. The van der Waals surface area contributed by atoms with Crippen LogP contribution in [0, 0.1) is 0 Å². The van der Waals surface area contributed by atoms with E-state index >= 15 is 0 Å². The first-order valence-electron chi connectivity index (χ1n) is 8.30. The van der Waals surface area contributed by atoms with Crippen molar-refractivity contribution in [3.8, 4) is 0 Å². The molecule has 116 valence electrons. The fourth-order valence-corrected chi connectivity index (χ4v) is 4.22. The van der Waals surface area contributed by atoms with Crippen LogP contribution in [0.25, 0.3) is 0 Å². The van der Waals surface area contributed by atoms with Gasteiger partial charge in [0.2, 0.25) is 0 Å². The SMILES string of the molecule is O=C(c1csc(C2CCNCC2)n1)N1CCCCCCC1. The molecule has 2 aliphatic heterocycles. The lowest BCUT2D eigenvalue weighted by molar-refractivity contribution is 0.0737. The van der Waals surface area contributed by atoms with Crippen LogP contribution in [0.2, 0.25) is 0 Å². The highest BCUT2D eigenvalue weighted by atomic mass is 32.1. The van der Waals surface area contributed by atoms with Gasteiger partial charge < -0.3 is 10.2 Å². The monoisotopic (exact) mass is 307 g/mol. The molecule has 0 radical (unpaired) electrons. The van der Waals surface area contributed by atoms with Crippen molar-refractivity contribution in [1.82, 2.24) is 15.2 Å². The highest BCUT2D eigenvalue weighted by Gasteiger charge is 2.23. The van der Waals surface area contributed by atoms with Crippen LogP contribution in [0.4, 0.5) is 0 Å². The summed E-state index contributed by atoms with van der Waals surface area (Å²) < 4.78 is 0. The zero-order valence-corrected chi connectivity index (χ0v) is 13.5. The van der Waals surface area contributed by atoms with E-state index in [1.807, 2.05) is 10.3 Å². The Hall–Kier alpha value is -0.940. The van der Waals surface area contributed by atoms with E-state index in [1.54, 1.807) is 11.3 Å². The number of hydrogen-bond acceptors (Lipinski definition) is 4. The van der Waals surface area contributed by atoms with Crippen LogP contribution in [0.3, 0.4) is 0 Å². The second-order valence-corrected chi connectivity index (χ2v) is 7.04. The zero-order chi connectivity index (χ0) is 14.5. The average Bonchev–Trinajstić information content (AvgIpc) is 2.97. The minimum absolute atomic E-state index is 0.147. The molecule has 2 aliphatic rings. The molecule has 1 aromatic heterocycles. The summed E-state index contributed by atoms with van der Waals surface area (Å²) in [5.74, 6) is 0.693. The largest absolute Gasteiger partial charge is 0.337 e. The van der Waals surface area contributed by atoms with E-state index in [0.717, 1.165) is 56.9 Å². The van der Waals surface area contributed by atoms with Gasteiger partial charge in [-0.1, -0.05) is 19.3 Å². The van der Waals surface area contributed by atoms with E-state index in [0.29, 0.717) is 11.6 Å². The van der Waals surface area contributed by atoms with Crippen LogP contribution in [0.5, 0.6) is 0 Å². The Morgan fingerprint density at radius 3 is 2.52 bits per heavy atom. The zero-order valence-electron chi connectivity index (χ0n) is 12.6. The van der Waals surface area contributed by atoms with Crippen LogP contribution in [-0.2, 0) is 0 Å². The molecule has 0 saturated carbocycles. The molecule has 21 heavy (non-hydrogen) atoms. The number of rotatable bonds is 2. The van der Waals surface area contributed by atoms with Gasteiger partial charge >= 0.3 is 0 Å².